The van der Waals surface area contributed by atoms with Gasteiger partial charge in [-0.05, 0) is 12.1 Å². The van der Waals surface area contributed by atoms with E-state index in [9.17, 15) is 4.79 Å². The van der Waals surface area contributed by atoms with Crippen molar-refractivity contribution in [2.24, 2.45) is 0 Å². The Morgan fingerprint density at radius 2 is 2.19 bits per heavy atom. The number of carboxylic acid groups (broad SMARTS) is 1. The summed E-state index contributed by atoms with van der Waals surface area (Å²) in [5.41, 5.74) is 1.49. The molecule has 0 aliphatic rings. The molecule has 0 amide bonds. The Morgan fingerprint density at radius 1 is 1.44 bits per heavy atom. The van der Waals surface area contributed by atoms with Crippen molar-refractivity contribution >= 4 is 22.9 Å². The van der Waals surface area contributed by atoms with Crippen LogP contribution in [-0.4, -0.2) is 15.6 Å². The minimum atomic E-state index is -1.01. The van der Waals surface area contributed by atoms with E-state index in [2.05, 4.69) is 0 Å². The molecule has 1 N–H and O–H groups in total. The van der Waals surface area contributed by atoms with Gasteiger partial charge < -0.3 is 5.11 Å². The maximum atomic E-state index is 10.4. The van der Waals surface area contributed by atoms with Crippen molar-refractivity contribution in [2.75, 3.05) is 0 Å². The number of carbonyl (C=O) groups is 1. The van der Waals surface area contributed by atoms with E-state index in [-0.39, 0.29) is 0 Å². The number of fused-ring (bicyclic) bond motifs is 1. The number of carboxylic acids is 1. The fraction of sp³-hybridized carbons (Fsp3) is 0. The number of hydrogen-bond acceptors (Lipinski definition) is 2. The van der Waals surface area contributed by atoms with Gasteiger partial charge in [0.2, 0.25) is 0 Å². The summed E-state index contributed by atoms with van der Waals surface area (Å²) >= 11 is 0. The molecule has 0 saturated heterocycles. The highest BCUT2D eigenvalue weighted by Gasteiger charge is 2.04. The minimum Gasteiger partial charge on any atom is -0.478 e. The third kappa shape index (κ3) is 1.66. The molecule has 0 bridgehead atoms. The van der Waals surface area contributed by atoms with Gasteiger partial charge in [0.15, 0.2) is 6.19 Å². The molecule has 2 aromatic rings. The van der Waals surface area contributed by atoms with Gasteiger partial charge in [-0.25, -0.2) is 4.79 Å². The van der Waals surface area contributed by atoms with Crippen molar-refractivity contribution in [1.29, 1.82) is 5.26 Å². The standard InChI is InChI=1S/C12H8N2O2/c13-8-14-7-9(5-6-12(15)16)10-3-1-2-4-11(10)14/h1-7H,(H,15,16)/b6-5+. The van der Waals surface area contributed by atoms with Crippen LogP contribution in [-0.2, 0) is 4.79 Å². The Morgan fingerprint density at radius 3 is 2.88 bits per heavy atom. The maximum absolute atomic E-state index is 10.4. The van der Waals surface area contributed by atoms with Crippen LogP contribution in [0.4, 0.5) is 0 Å². The number of aromatic nitrogens is 1. The van der Waals surface area contributed by atoms with Gasteiger partial charge in [-0.15, -0.1) is 0 Å². The third-order valence-corrected chi connectivity index (χ3v) is 2.26. The fourth-order valence-corrected chi connectivity index (χ4v) is 1.58. The van der Waals surface area contributed by atoms with Crippen molar-refractivity contribution in [3.8, 4) is 6.19 Å². The molecule has 4 nitrogen and oxygen atoms in total. The Labute approximate surface area is 91.7 Å². The molecule has 0 saturated carbocycles. The minimum absolute atomic E-state index is 0.722. The topological polar surface area (TPSA) is 66.0 Å². The highest BCUT2D eigenvalue weighted by molar-refractivity contribution is 5.94. The first-order valence-electron chi connectivity index (χ1n) is 4.63. The van der Waals surface area contributed by atoms with E-state index in [1.165, 1.54) is 10.6 Å². The average molecular weight is 212 g/mol. The lowest BCUT2D eigenvalue weighted by Gasteiger charge is -1.90. The summed E-state index contributed by atoms with van der Waals surface area (Å²) < 4.78 is 1.41. The van der Waals surface area contributed by atoms with Gasteiger partial charge in [-0.1, -0.05) is 18.2 Å². The fourth-order valence-electron chi connectivity index (χ4n) is 1.58. The second-order valence-electron chi connectivity index (χ2n) is 3.24. The molecular weight excluding hydrogens is 204 g/mol. The lowest BCUT2D eigenvalue weighted by atomic mass is 10.1. The van der Waals surface area contributed by atoms with Crippen LogP contribution in [0.3, 0.4) is 0 Å². The molecule has 4 heteroatoms. The summed E-state index contributed by atoms with van der Waals surface area (Å²) in [6, 6.07) is 7.35. The van der Waals surface area contributed by atoms with Gasteiger partial charge in [-0.2, -0.15) is 5.26 Å². The SMILES string of the molecule is N#Cn1cc(/C=C/C(=O)O)c2ccccc21. The lowest BCUT2D eigenvalue weighted by Crippen LogP contribution is -1.85. The zero-order valence-corrected chi connectivity index (χ0v) is 8.29. The molecule has 0 radical (unpaired) electrons. The predicted molar refractivity (Wildman–Crippen MR) is 59.6 cm³/mol. The summed E-state index contributed by atoms with van der Waals surface area (Å²) in [6.45, 7) is 0. The largest absolute Gasteiger partial charge is 0.478 e. The molecule has 1 aromatic heterocycles. The van der Waals surface area contributed by atoms with Crippen molar-refractivity contribution in [2.45, 2.75) is 0 Å². The van der Waals surface area contributed by atoms with E-state index in [0.29, 0.717) is 0 Å². The summed E-state index contributed by atoms with van der Waals surface area (Å²) in [4.78, 5) is 10.4. The number of para-hydroxylation sites is 1. The average Bonchev–Trinajstić information content (AvgIpc) is 2.65. The van der Waals surface area contributed by atoms with Gasteiger partial charge in [0, 0.05) is 23.2 Å². The molecule has 0 aliphatic heterocycles. The predicted octanol–water partition coefficient (Wildman–Crippen LogP) is 2.07. The maximum Gasteiger partial charge on any atom is 0.328 e. The van der Waals surface area contributed by atoms with E-state index in [4.69, 9.17) is 10.4 Å². The van der Waals surface area contributed by atoms with Gasteiger partial charge >= 0.3 is 5.97 Å². The number of nitrogens with zero attached hydrogens (tertiary/aromatic N) is 2. The van der Waals surface area contributed by atoms with Crippen LogP contribution in [0.1, 0.15) is 5.56 Å². The van der Waals surface area contributed by atoms with E-state index in [1.54, 1.807) is 6.20 Å². The van der Waals surface area contributed by atoms with Gasteiger partial charge in [0.1, 0.15) is 0 Å². The molecule has 0 aliphatic carbocycles. The van der Waals surface area contributed by atoms with Crippen molar-refractivity contribution in [3.05, 3.63) is 42.1 Å². The normalized spacial score (nSPS) is 10.7. The molecule has 0 atom stereocenters. The summed E-state index contributed by atoms with van der Waals surface area (Å²) in [5.74, 6) is -1.01. The van der Waals surface area contributed by atoms with Crippen LogP contribution in [0.5, 0.6) is 0 Å². The Bertz CT molecular complexity index is 617. The molecule has 1 heterocycles. The molecule has 16 heavy (non-hydrogen) atoms. The first-order chi connectivity index (χ1) is 7.72. The number of hydrogen-bond donors (Lipinski definition) is 1. The summed E-state index contributed by atoms with van der Waals surface area (Å²) in [5, 5.41) is 18.3. The molecule has 0 spiro atoms. The van der Waals surface area contributed by atoms with E-state index in [1.807, 2.05) is 30.5 Å². The first kappa shape index (κ1) is 9.99. The van der Waals surface area contributed by atoms with Crippen LogP contribution in [0.25, 0.3) is 17.0 Å². The highest BCUT2D eigenvalue weighted by Crippen LogP contribution is 2.21. The number of benzene rings is 1. The second-order valence-corrected chi connectivity index (χ2v) is 3.24. The highest BCUT2D eigenvalue weighted by atomic mass is 16.4. The number of aliphatic carboxylic acids is 1. The quantitative estimate of drug-likeness (QED) is 0.775. The monoisotopic (exact) mass is 212 g/mol. The zero-order chi connectivity index (χ0) is 11.5. The molecular formula is C12H8N2O2. The van der Waals surface area contributed by atoms with E-state index < -0.39 is 5.97 Å². The second kappa shape index (κ2) is 3.91. The van der Waals surface area contributed by atoms with Crippen molar-refractivity contribution < 1.29 is 9.90 Å². The Balaban J connectivity index is 2.63. The van der Waals surface area contributed by atoms with Crippen LogP contribution in [0, 0.1) is 11.5 Å². The van der Waals surface area contributed by atoms with Gasteiger partial charge in [-0.3, -0.25) is 4.57 Å². The smallest absolute Gasteiger partial charge is 0.328 e. The summed E-state index contributed by atoms with van der Waals surface area (Å²) in [7, 11) is 0. The Kier molecular flexibility index (Phi) is 2.44. The van der Waals surface area contributed by atoms with Gasteiger partial charge in [0.05, 0.1) is 5.52 Å². The molecule has 0 unspecified atom stereocenters. The number of nitriles is 1. The van der Waals surface area contributed by atoms with Crippen LogP contribution < -0.4 is 0 Å². The molecule has 1 aromatic carbocycles. The van der Waals surface area contributed by atoms with Crippen LogP contribution in [0.15, 0.2) is 36.5 Å². The van der Waals surface area contributed by atoms with Crippen molar-refractivity contribution in [1.82, 2.24) is 4.57 Å². The molecule has 78 valence electrons. The van der Waals surface area contributed by atoms with E-state index >= 15 is 0 Å². The zero-order valence-electron chi connectivity index (χ0n) is 8.29. The molecule has 0 fully saturated rings. The van der Waals surface area contributed by atoms with Crippen LogP contribution >= 0.6 is 0 Å². The molecule has 2 rings (SSSR count). The van der Waals surface area contributed by atoms with Crippen molar-refractivity contribution in [3.63, 3.8) is 0 Å². The Hall–Kier alpha value is -2.54. The number of rotatable bonds is 2. The van der Waals surface area contributed by atoms with Gasteiger partial charge in [0.25, 0.3) is 0 Å². The van der Waals surface area contributed by atoms with E-state index in [0.717, 1.165) is 22.5 Å². The van der Waals surface area contributed by atoms with Crippen LogP contribution in [0.2, 0.25) is 0 Å². The third-order valence-electron chi connectivity index (χ3n) is 2.26. The first-order valence-corrected chi connectivity index (χ1v) is 4.63. The summed E-state index contributed by atoms with van der Waals surface area (Å²) in [6.07, 6.45) is 6.17. The lowest BCUT2D eigenvalue weighted by molar-refractivity contribution is -0.131.